The molecule has 1 aromatic carbocycles. The van der Waals surface area contributed by atoms with Gasteiger partial charge in [-0.05, 0) is 43.7 Å². The maximum absolute atomic E-state index is 13.6. The smallest absolute Gasteiger partial charge is 0.256 e. The molecule has 0 saturated carbocycles. The molecule has 0 unspecified atom stereocenters. The Morgan fingerprint density at radius 2 is 2.11 bits per heavy atom. The minimum Gasteiger partial charge on any atom is -0.358 e. The van der Waals surface area contributed by atoms with Crippen LogP contribution >= 0.6 is 0 Å². The van der Waals surface area contributed by atoms with Gasteiger partial charge in [-0.25, -0.2) is 4.39 Å². The fraction of sp³-hybridized carbons (Fsp3) is 0.300. The molecule has 0 saturated heterocycles. The molecule has 148 valence electrons. The van der Waals surface area contributed by atoms with Gasteiger partial charge in [0.2, 0.25) is 0 Å². The zero-order chi connectivity index (χ0) is 20.4. The fourth-order valence-corrected chi connectivity index (χ4v) is 3.25. The molecule has 0 radical (unpaired) electrons. The van der Waals surface area contributed by atoms with Crippen molar-refractivity contribution >= 4 is 29.2 Å². The van der Waals surface area contributed by atoms with Gasteiger partial charge in [-0.2, -0.15) is 5.06 Å². The Hall–Kier alpha value is -2.97. The first-order chi connectivity index (χ1) is 13.3. The van der Waals surface area contributed by atoms with E-state index in [0.717, 1.165) is 5.06 Å². The Labute approximate surface area is 162 Å². The van der Waals surface area contributed by atoms with Crippen molar-refractivity contribution < 1.29 is 19.2 Å². The predicted octanol–water partition coefficient (Wildman–Crippen LogP) is 2.70. The molecule has 0 bridgehead atoms. The number of hydroxylamine groups is 2. The topological polar surface area (TPSA) is 97.5 Å². The molecule has 1 aliphatic rings. The van der Waals surface area contributed by atoms with E-state index in [9.17, 15) is 19.2 Å². The quantitative estimate of drug-likeness (QED) is 0.453. The third-order valence-corrected chi connectivity index (χ3v) is 4.78. The summed E-state index contributed by atoms with van der Waals surface area (Å²) in [5, 5.41) is 16.0. The number of hydrogen-bond acceptors (Lipinski definition) is 4. The lowest BCUT2D eigenvalue weighted by Gasteiger charge is -2.12. The van der Waals surface area contributed by atoms with Gasteiger partial charge in [0.15, 0.2) is 0 Å². The number of carbonyl (C=O) groups is 2. The molecule has 4 N–H and O–H groups in total. The Morgan fingerprint density at radius 3 is 2.82 bits per heavy atom. The molecule has 0 spiro atoms. The van der Waals surface area contributed by atoms with Crippen molar-refractivity contribution in [2.75, 3.05) is 25.0 Å². The van der Waals surface area contributed by atoms with Gasteiger partial charge in [-0.15, -0.1) is 0 Å². The molecule has 2 heterocycles. The largest absolute Gasteiger partial charge is 0.358 e. The zero-order valence-corrected chi connectivity index (χ0v) is 16.0. The van der Waals surface area contributed by atoms with E-state index in [-0.39, 0.29) is 11.8 Å². The number of anilines is 1. The summed E-state index contributed by atoms with van der Waals surface area (Å²) in [7, 11) is 0. The normalized spacial score (nSPS) is 14.5. The number of halogens is 1. The van der Waals surface area contributed by atoms with Gasteiger partial charge in [0.1, 0.15) is 5.82 Å². The van der Waals surface area contributed by atoms with Crippen molar-refractivity contribution in [2.45, 2.75) is 20.8 Å². The maximum atomic E-state index is 13.6. The van der Waals surface area contributed by atoms with Crippen molar-refractivity contribution in [1.29, 1.82) is 0 Å². The lowest BCUT2D eigenvalue weighted by Crippen LogP contribution is -2.33. The van der Waals surface area contributed by atoms with E-state index in [1.165, 1.54) is 18.2 Å². The lowest BCUT2D eigenvalue weighted by molar-refractivity contribution is -0.110. The molecule has 0 aliphatic carbocycles. The highest BCUT2D eigenvalue weighted by atomic mass is 19.1. The van der Waals surface area contributed by atoms with Crippen LogP contribution in [-0.4, -0.2) is 46.7 Å². The molecular formula is C20H23FN4O3. The number of rotatable bonds is 6. The summed E-state index contributed by atoms with van der Waals surface area (Å²) in [5.41, 5.74) is 3.84. The van der Waals surface area contributed by atoms with Crippen LogP contribution < -0.4 is 10.6 Å². The highest BCUT2D eigenvalue weighted by molar-refractivity contribution is 6.34. The summed E-state index contributed by atoms with van der Waals surface area (Å²) in [6.07, 6.45) is 1.63. The summed E-state index contributed by atoms with van der Waals surface area (Å²) in [6.45, 7) is 6.47. The first-order valence-electron chi connectivity index (χ1n) is 9.06. The highest BCUT2D eigenvalue weighted by Gasteiger charge is 2.26. The van der Waals surface area contributed by atoms with Gasteiger partial charge in [-0.3, -0.25) is 9.59 Å². The van der Waals surface area contributed by atoms with Crippen LogP contribution in [0.4, 0.5) is 10.1 Å². The van der Waals surface area contributed by atoms with Crippen LogP contribution in [0.3, 0.4) is 0 Å². The molecule has 0 fully saturated rings. The van der Waals surface area contributed by atoms with Crippen LogP contribution in [0.5, 0.6) is 0 Å². The molecule has 1 aliphatic heterocycles. The van der Waals surface area contributed by atoms with E-state index in [4.69, 9.17) is 0 Å². The van der Waals surface area contributed by atoms with Gasteiger partial charge >= 0.3 is 0 Å². The number of hydrogen-bond donors (Lipinski definition) is 4. The molecular weight excluding hydrogens is 363 g/mol. The molecule has 8 heteroatoms. The first-order valence-corrected chi connectivity index (χ1v) is 9.06. The second-order valence-corrected chi connectivity index (χ2v) is 6.67. The van der Waals surface area contributed by atoms with E-state index in [2.05, 4.69) is 15.6 Å². The van der Waals surface area contributed by atoms with Crippen LogP contribution in [-0.2, 0) is 4.79 Å². The third kappa shape index (κ3) is 3.83. The minimum absolute atomic E-state index is 0.261. The first kappa shape index (κ1) is 19.8. The Kier molecular flexibility index (Phi) is 5.62. The molecule has 2 amide bonds. The number of amides is 2. The number of aromatic nitrogens is 1. The molecule has 1 aromatic heterocycles. The lowest BCUT2D eigenvalue weighted by atomic mass is 10.0. The Morgan fingerprint density at radius 1 is 1.36 bits per heavy atom. The molecule has 2 aromatic rings. The SMILES string of the molecule is CCN(O)CCNC(=O)c1c(C)[nH]c(C=C2C(=O)Nc3ccc(F)cc32)c1C. The van der Waals surface area contributed by atoms with Gasteiger partial charge in [0.05, 0.1) is 11.1 Å². The van der Waals surface area contributed by atoms with Gasteiger partial charge in [-0.1, -0.05) is 6.92 Å². The van der Waals surface area contributed by atoms with Crippen molar-refractivity contribution in [1.82, 2.24) is 15.4 Å². The second-order valence-electron chi connectivity index (χ2n) is 6.67. The predicted molar refractivity (Wildman–Crippen MR) is 105 cm³/mol. The van der Waals surface area contributed by atoms with Crippen LogP contribution in [0.15, 0.2) is 18.2 Å². The summed E-state index contributed by atoms with van der Waals surface area (Å²) in [6, 6.07) is 4.13. The van der Waals surface area contributed by atoms with E-state index >= 15 is 0 Å². The Bertz CT molecular complexity index is 965. The van der Waals surface area contributed by atoms with Crippen LogP contribution in [0.1, 0.15) is 39.8 Å². The van der Waals surface area contributed by atoms with Crippen LogP contribution in [0.2, 0.25) is 0 Å². The number of benzene rings is 1. The van der Waals surface area contributed by atoms with Gasteiger partial charge in [0.25, 0.3) is 11.8 Å². The van der Waals surface area contributed by atoms with Crippen LogP contribution in [0.25, 0.3) is 11.6 Å². The van der Waals surface area contributed by atoms with Gasteiger partial charge in [0, 0.05) is 42.3 Å². The number of nitrogens with zero attached hydrogens (tertiary/aromatic N) is 1. The number of fused-ring (bicyclic) bond motifs is 1. The summed E-state index contributed by atoms with van der Waals surface area (Å²) in [4.78, 5) is 28.0. The number of aryl methyl sites for hydroxylation is 1. The van der Waals surface area contributed by atoms with Crippen molar-refractivity contribution in [3.8, 4) is 0 Å². The molecule has 3 rings (SSSR count). The zero-order valence-electron chi connectivity index (χ0n) is 16.0. The van der Waals surface area contributed by atoms with Gasteiger partial charge < -0.3 is 20.8 Å². The summed E-state index contributed by atoms with van der Waals surface area (Å²) in [5.74, 6) is -1.01. The number of H-pyrrole nitrogens is 1. The second kappa shape index (κ2) is 7.95. The number of nitrogens with one attached hydrogen (secondary N) is 3. The highest BCUT2D eigenvalue weighted by Crippen LogP contribution is 2.34. The fourth-order valence-electron chi connectivity index (χ4n) is 3.25. The number of aromatic amines is 1. The van der Waals surface area contributed by atoms with Crippen molar-refractivity contribution in [3.05, 3.63) is 52.1 Å². The van der Waals surface area contributed by atoms with Crippen LogP contribution in [0, 0.1) is 19.7 Å². The average Bonchev–Trinajstić information content (AvgIpc) is 3.11. The number of likely N-dealkylation sites (N-methyl/N-ethyl adjacent to an activating group) is 1. The molecule has 0 atom stereocenters. The van der Waals surface area contributed by atoms with Crippen molar-refractivity contribution in [3.63, 3.8) is 0 Å². The minimum atomic E-state index is -0.425. The average molecular weight is 386 g/mol. The summed E-state index contributed by atoms with van der Waals surface area (Å²) < 4.78 is 13.6. The van der Waals surface area contributed by atoms with E-state index < -0.39 is 5.82 Å². The standard InChI is InChI=1S/C20H23FN4O3/c1-4-25(28)8-7-22-20(27)18-11(2)17(23-12(18)3)10-15-14-9-13(21)5-6-16(14)24-19(15)26/h5-6,9-10,23,28H,4,7-8H2,1-3H3,(H,22,27)(H,24,26). The maximum Gasteiger partial charge on any atom is 0.256 e. The van der Waals surface area contributed by atoms with E-state index in [1.807, 2.05) is 6.92 Å². The third-order valence-electron chi connectivity index (χ3n) is 4.78. The van der Waals surface area contributed by atoms with E-state index in [1.54, 1.807) is 19.9 Å². The molecule has 7 nitrogen and oxygen atoms in total. The van der Waals surface area contributed by atoms with E-state index in [0.29, 0.717) is 59.0 Å². The monoisotopic (exact) mass is 386 g/mol. The summed E-state index contributed by atoms with van der Waals surface area (Å²) >= 11 is 0. The van der Waals surface area contributed by atoms with Crippen molar-refractivity contribution in [2.24, 2.45) is 0 Å². The Balaban J connectivity index is 1.87. The number of carbonyl (C=O) groups excluding carboxylic acids is 2. The molecule has 28 heavy (non-hydrogen) atoms.